The molecule has 0 spiro atoms. The first-order chi connectivity index (χ1) is 13.3. The van der Waals surface area contributed by atoms with E-state index in [0.29, 0.717) is 0 Å². The summed E-state index contributed by atoms with van der Waals surface area (Å²) in [7, 11) is 0. The number of piperidine rings is 1. The van der Waals surface area contributed by atoms with Crippen LogP contribution in [0.4, 0.5) is 5.82 Å². The summed E-state index contributed by atoms with van der Waals surface area (Å²) in [5, 5.41) is 0. The standard InChI is InChI=1S/C22H29N5/c1-16-6-5-13-27(16)17-10-14-26(15-11-17)22-18-7-4-9-19(18)24-21(25-22)20-8-2-3-12-23-20/h2-3,8,12,16-17H,4-7,9-11,13-15H2,1H3. The zero-order valence-electron chi connectivity index (χ0n) is 16.3. The van der Waals surface area contributed by atoms with E-state index >= 15 is 0 Å². The van der Waals surface area contributed by atoms with E-state index in [-0.39, 0.29) is 0 Å². The first-order valence-corrected chi connectivity index (χ1v) is 10.6. The molecule has 4 heterocycles. The molecule has 1 atom stereocenters. The van der Waals surface area contributed by atoms with Crippen LogP contribution in [0.1, 0.15) is 50.3 Å². The third kappa shape index (κ3) is 3.22. The van der Waals surface area contributed by atoms with Crippen LogP contribution < -0.4 is 4.90 Å². The van der Waals surface area contributed by atoms with Gasteiger partial charge in [0.15, 0.2) is 5.82 Å². The SMILES string of the molecule is CC1CCCN1C1CCN(c2nc(-c3ccccn3)nc3c2CCC3)CC1. The Bertz CT molecular complexity index is 798. The molecule has 0 aromatic carbocycles. The molecular formula is C22H29N5. The first kappa shape index (κ1) is 17.1. The van der Waals surface area contributed by atoms with Crippen LogP contribution in [0.5, 0.6) is 0 Å². The van der Waals surface area contributed by atoms with Crippen molar-refractivity contribution in [2.75, 3.05) is 24.5 Å². The zero-order valence-corrected chi connectivity index (χ0v) is 16.3. The lowest BCUT2D eigenvalue weighted by molar-refractivity contribution is 0.163. The molecule has 2 aromatic rings. The molecule has 2 aromatic heterocycles. The number of fused-ring (bicyclic) bond motifs is 1. The molecule has 5 heteroatoms. The van der Waals surface area contributed by atoms with Crippen molar-refractivity contribution in [2.24, 2.45) is 0 Å². The van der Waals surface area contributed by atoms with Crippen LogP contribution in [0.25, 0.3) is 11.5 Å². The van der Waals surface area contributed by atoms with Gasteiger partial charge in [-0.25, -0.2) is 9.97 Å². The zero-order chi connectivity index (χ0) is 18.2. The Labute approximate surface area is 161 Å². The Morgan fingerprint density at radius 1 is 0.963 bits per heavy atom. The molecule has 5 nitrogen and oxygen atoms in total. The van der Waals surface area contributed by atoms with E-state index in [1.165, 1.54) is 55.7 Å². The minimum atomic E-state index is 0.754. The van der Waals surface area contributed by atoms with Gasteiger partial charge < -0.3 is 4.90 Å². The Morgan fingerprint density at radius 3 is 2.59 bits per heavy atom. The molecule has 0 radical (unpaired) electrons. The third-order valence-corrected chi connectivity index (χ3v) is 6.64. The van der Waals surface area contributed by atoms with Crippen molar-refractivity contribution in [1.82, 2.24) is 19.9 Å². The maximum absolute atomic E-state index is 5.01. The average Bonchev–Trinajstić information content (AvgIpc) is 3.37. The molecule has 27 heavy (non-hydrogen) atoms. The van der Waals surface area contributed by atoms with Crippen LogP contribution in [0.3, 0.4) is 0 Å². The second-order valence-corrected chi connectivity index (χ2v) is 8.31. The Morgan fingerprint density at radius 2 is 1.85 bits per heavy atom. The van der Waals surface area contributed by atoms with Crippen molar-refractivity contribution < 1.29 is 0 Å². The first-order valence-electron chi connectivity index (χ1n) is 10.6. The fourth-order valence-electron chi connectivity index (χ4n) is 5.19. The van der Waals surface area contributed by atoms with Gasteiger partial charge in [-0.15, -0.1) is 0 Å². The predicted molar refractivity (Wildman–Crippen MR) is 108 cm³/mol. The number of aromatic nitrogens is 3. The number of rotatable bonds is 3. The topological polar surface area (TPSA) is 45.2 Å². The summed E-state index contributed by atoms with van der Waals surface area (Å²) >= 11 is 0. The Balaban J connectivity index is 1.40. The highest BCUT2D eigenvalue weighted by Gasteiger charge is 2.32. The summed E-state index contributed by atoms with van der Waals surface area (Å²) in [5.74, 6) is 1.98. The van der Waals surface area contributed by atoms with Gasteiger partial charge in [0.05, 0.1) is 0 Å². The van der Waals surface area contributed by atoms with Crippen LogP contribution >= 0.6 is 0 Å². The second kappa shape index (κ2) is 7.19. The molecule has 0 saturated carbocycles. The average molecular weight is 364 g/mol. The normalized spacial score (nSPS) is 23.7. The van der Waals surface area contributed by atoms with E-state index in [1.54, 1.807) is 0 Å². The lowest BCUT2D eigenvalue weighted by Crippen LogP contribution is -2.46. The number of pyridine rings is 1. The summed E-state index contributed by atoms with van der Waals surface area (Å²) in [6.45, 7) is 5.91. The molecular weight excluding hydrogens is 334 g/mol. The number of hydrogen-bond acceptors (Lipinski definition) is 5. The van der Waals surface area contributed by atoms with Crippen LogP contribution in [0, 0.1) is 0 Å². The minimum Gasteiger partial charge on any atom is -0.356 e. The Hall–Kier alpha value is -2.01. The smallest absolute Gasteiger partial charge is 0.180 e. The van der Waals surface area contributed by atoms with Gasteiger partial charge in [-0.3, -0.25) is 9.88 Å². The third-order valence-electron chi connectivity index (χ3n) is 6.64. The number of aryl methyl sites for hydroxylation is 1. The molecule has 1 unspecified atom stereocenters. The van der Waals surface area contributed by atoms with Gasteiger partial charge in [-0.2, -0.15) is 0 Å². The monoisotopic (exact) mass is 363 g/mol. The van der Waals surface area contributed by atoms with Crippen molar-refractivity contribution in [3.63, 3.8) is 0 Å². The molecule has 0 amide bonds. The van der Waals surface area contributed by atoms with E-state index in [1.807, 2.05) is 24.4 Å². The van der Waals surface area contributed by atoms with Crippen LogP contribution in [0.15, 0.2) is 24.4 Å². The van der Waals surface area contributed by atoms with Crippen LogP contribution in [0.2, 0.25) is 0 Å². The largest absolute Gasteiger partial charge is 0.356 e. The number of likely N-dealkylation sites (tertiary alicyclic amines) is 1. The van der Waals surface area contributed by atoms with Crippen molar-refractivity contribution >= 4 is 5.82 Å². The van der Waals surface area contributed by atoms with Gasteiger partial charge in [0.1, 0.15) is 11.5 Å². The van der Waals surface area contributed by atoms with E-state index < -0.39 is 0 Å². The fraction of sp³-hybridized carbons (Fsp3) is 0.591. The Kier molecular flexibility index (Phi) is 4.56. The van der Waals surface area contributed by atoms with Gasteiger partial charge in [0.2, 0.25) is 0 Å². The van der Waals surface area contributed by atoms with E-state index in [2.05, 4.69) is 21.7 Å². The van der Waals surface area contributed by atoms with Crippen molar-refractivity contribution in [3.8, 4) is 11.5 Å². The molecule has 2 fully saturated rings. The van der Waals surface area contributed by atoms with Crippen LogP contribution in [-0.2, 0) is 12.8 Å². The van der Waals surface area contributed by atoms with E-state index in [9.17, 15) is 0 Å². The van der Waals surface area contributed by atoms with E-state index in [0.717, 1.165) is 49.5 Å². The lowest BCUT2D eigenvalue weighted by atomic mass is 10.0. The van der Waals surface area contributed by atoms with Crippen molar-refractivity contribution in [3.05, 3.63) is 35.7 Å². The van der Waals surface area contributed by atoms with Crippen molar-refractivity contribution in [2.45, 2.75) is 64.0 Å². The minimum absolute atomic E-state index is 0.754. The second-order valence-electron chi connectivity index (χ2n) is 8.31. The summed E-state index contributed by atoms with van der Waals surface area (Å²) in [6.07, 6.45) is 10.5. The molecule has 3 aliphatic rings. The molecule has 0 bridgehead atoms. The molecule has 0 N–H and O–H groups in total. The maximum atomic E-state index is 5.01. The number of hydrogen-bond donors (Lipinski definition) is 0. The predicted octanol–water partition coefficient (Wildman–Crippen LogP) is 3.48. The number of anilines is 1. The fourth-order valence-corrected chi connectivity index (χ4v) is 5.19. The van der Waals surface area contributed by atoms with E-state index in [4.69, 9.17) is 9.97 Å². The van der Waals surface area contributed by atoms with Gasteiger partial charge in [-0.05, 0) is 70.5 Å². The molecule has 5 rings (SSSR count). The summed E-state index contributed by atoms with van der Waals surface area (Å²) in [5.41, 5.74) is 3.52. The highest BCUT2D eigenvalue weighted by Crippen LogP contribution is 2.33. The highest BCUT2D eigenvalue weighted by molar-refractivity contribution is 5.59. The van der Waals surface area contributed by atoms with Gasteiger partial charge in [0, 0.05) is 42.6 Å². The molecule has 1 aliphatic carbocycles. The highest BCUT2D eigenvalue weighted by atomic mass is 15.3. The van der Waals surface area contributed by atoms with Gasteiger partial charge in [0.25, 0.3) is 0 Å². The maximum Gasteiger partial charge on any atom is 0.180 e. The van der Waals surface area contributed by atoms with Crippen molar-refractivity contribution in [1.29, 1.82) is 0 Å². The molecule has 2 aliphatic heterocycles. The molecule has 142 valence electrons. The van der Waals surface area contributed by atoms with Crippen LogP contribution in [-0.4, -0.2) is 51.6 Å². The van der Waals surface area contributed by atoms with Gasteiger partial charge in [-0.1, -0.05) is 6.07 Å². The lowest BCUT2D eigenvalue weighted by Gasteiger charge is -2.39. The summed E-state index contributed by atoms with van der Waals surface area (Å²) < 4.78 is 0. The summed E-state index contributed by atoms with van der Waals surface area (Å²) in [6, 6.07) is 7.49. The number of nitrogens with zero attached hydrogens (tertiary/aromatic N) is 5. The summed E-state index contributed by atoms with van der Waals surface area (Å²) in [4.78, 5) is 19.6. The quantitative estimate of drug-likeness (QED) is 0.835. The van der Waals surface area contributed by atoms with Gasteiger partial charge >= 0.3 is 0 Å². The molecule has 2 saturated heterocycles.